The number of carbonyl (C=O) groups excluding carboxylic acids is 1. The Hall–Kier alpha value is -3.12. The molecule has 1 fully saturated rings. The number of amides is 2. The fraction of sp³-hybridized carbons (Fsp3) is 0.273. The summed E-state index contributed by atoms with van der Waals surface area (Å²) in [6, 6.07) is 17.0. The van der Waals surface area contributed by atoms with E-state index in [1.807, 2.05) is 68.4 Å². The molecule has 1 aliphatic rings. The number of anilines is 1. The van der Waals surface area contributed by atoms with E-state index in [0.717, 1.165) is 16.6 Å². The van der Waals surface area contributed by atoms with Gasteiger partial charge in [-0.05, 0) is 50.2 Å². The summed E-state index contributed by atoms with van der Waals surface area (Å²) in [4.78, 5) is 18.7. The zero-order chi connectivity index (χ0) is 19.5. The number of morpholine rings is 1. The zero-order valence-electron chi connectivity index (χ0n) is 16.0. The molecule has 2 unspecified atom stereocenters. The molecule has 2 atom stereocenters. The summed E-state index contributed by atoms with van der Waals surface area (Å²) < 4.78 is 11.7. The summed E-state index contributed by atoms with van der Waals surface area (Å²) in [5.74, 6) is 1.39. The number of nitrogens with one attached hydrogen (secondary N) is 1. The van der Waals surface area contributed by atoms with E-state index in [1.54, 1.807) is 11.1 Å². The molecule has 1 N–H and O–H groups in total. The molecule has 2 amide bonds. The Kier molecular flexibility index (Phi) is 5.12. The van der Waals surface area contributed by atoms with Crippen molar-refractivity contribution in [2.75, 3.05) is 18.4 Å². The monoisotopic (exact) mass is 377 g/mol. The molecule has 28 heavy (non-hydrogen) atoms. The van der Waals surface area contributed by atoms with Crippen molar-refractivity contribution in [1.29, 1.82) is 0 Å². The smallest absolute Gasteiger partial charge is 0.322 e. The molecule has 6 nitrogen and oxygen atoms in total. The van der Waals surface area contributed by atoms with Gasteiger partial charge in [-0.3, -0.25) is 4.98 Å². The van der Waals surface area contributed by atoms with Gasteiger partial charge in [0.05, 0.1) is 12.2 Å². The molecule has 2 heterocycles. The Balaban J connectivity index is 1.43. The van der Waals surface area contributed by atoms with Gasteiger partial charge in [0.2, 0.25) is 0 Å². The lowest BCUT2D eigenvalue weighted by atomic mass is 10.2. The van der Waals surface area contributed by atoms with Crippen LogP contribution >= 0.6 is 0 Å². The number of rotatable bonds is 3. The van der Waals surface area contributed by atoms with Gasteiger partial charge in [-0.2, -0.15) is 0 Å². The number of hydrogen-bond acceptors (Lipinski definition) is 4. The zero-order valence-corrected chi connectivity index (χ0v) is 16.0. The number of hydrogen-bond donors (Lipinski definition) is 1. The summed E-state index contributed by atoms with van der Waals surface area (Å²) in [7, 11) is 0. The summed E-state index contributed by atoms with van der Waals surface area (Å²) in [6.07, 6.45) is 1.83. The van der Waals surface area contributed by atoms with Gasteiger partial charge in [-0.15, -0.1) is 0 Å². The van der Waals surface area contributed by atoms with E-state index in [2.05, 4.69) is 10.3 Å². The van der Waals surface area contributed by atoms with E-state index in [-0.39, 0.29) is 18.2 Å². The molecule has 0 saturated carbocycles. The molecular weight excluding hydrogens is 354 g/mol. The van der Waals surface area contributed by atoms with Crippen LogP contribution in [0.5, 0.6) is 11.5 Å². The van der Waals surface area contributed by atoms with Gasteiger partial charge in [-0.1, -0.05) is 18.2 Å². The van der Waals surface area contributed by atoms with Gasteiger partial charge in [0.25, 0.3) is 0 Å². The summed E-state index contributed by atoms with van der Waals surface area (Å²) in [5, 5.41) is 3.96. The highest BCUT2D eigenvalue weighted by Crippen LogP contribution is 2.29. The second kappa shape index (κ2) is 7.86. The Labute approximate surface area is 164 Å². The third-order valence-corrected chi connectivity index (χ3v) is 4.64. The number of nitrogens with zero attached hydrogens (tertiary/aromatic N) is 2. The van der Waals surface area contributed by atoms with Gasteiger partial charge in [0.1, 0.15) is 11.3 Å². The molecule has 2 aromatic carbocycles. The molecule has 1 saturated heterocycles. The standard InChI is InChI=1S/C22H23N3O3/c1-15-13-25(14-16(2)27-15)22(26)24-18-8-10-19(11-9-18)28-20-7-3-5-17-6-4-12-23-21(17)20/h3-12,15-16H,13-14H2,1-2H3,(H,24,26). The van der Waals surface area contributed by atoms with Gasteiger partial charge >= 0.3 is 6.03 Å². The fourth-order valence-electron chi connectivity index (χ4n) is 3.44. The van der Waals surface area contributed by atoms with E-state index >= 15 is 0 Å². The minimum atomic E-state index is -0.117. The Morgan fingerprint density at radius 1 is 1.07 bits per heavy atom. The van der Waals surface area contributed by atoms with Gasteiger partial charge < -0.3 is 19.7 Å². The van der Waals surface area contributed by atoms with E-state index in [1.165, 1.54) is 0 Å². The number of carbonyl (C=O) groups is 1. The first-order valence-corrected chi connectivity index (χ1v) is 9.41. The van der Waals surface area contributed by atoms with Gasteiger partial charge in [-0.25, -0.2) is 4.79 Å². The molecule has 0 aliphatic carbocycles. The number of benzene rings is 2. The average Bonchev–Trinajstić information content (AvgIpc) is 2.69. The van der Waals surface area contributed by atoms with Crippen molar-refractivity contribution in [3.8, 4) is 11.5 Å². The van der Waals surface area contributed by atoms with Gasteiger partial charge in [0.15, 0.2) is 5.75 Å². The average molecular weight is 377 g/mol. The maximum atomic E-state index is 12.5. The number of fused-ring (bicyclic) bond motifs is 1. The predicted octanol–water partition coefficient (Wildman–Crippen LogP) is 4.67. The maximum absolute atomic E-state index is 12.5. The molecule has 4 rings (SSSR count). The van der Waals surface area contributed by atoms with Crippen LogP contribution in [0.3, 0.4) is 0 Å². The number of aromatic nitrogens is 1. The van der Waals surface area contributed by atoms with Crippen molar-refractivity contribution in [3.63, 3.8) is 0 Å². The molecule has 0 spiro atoms. The topological polar surface area (TPSA) is 63.7 Å². The molecule has 6 heteroatoms. The fourth-order valence-corrected chi connectivity index (χ4v) is 3.44. The first kappa shape index (κ1) is 18.3. The lowest BCUT2D eigenvalue weighted by Crippen LogP contribution is -2.49. The molecule has 144 valence electrons. The van der Waals surface area contributed by atoms with E-state index in [4.69, 9.17) is 9.47 Å². The van der Waals surface area contributed by atoms with E-state index in [0.29, 0.717) is 24.6 Å². The third kappa shape index (κ3) is 4.07. The largest absolute Gasteiger partial charge is 0.455 e. The van der Waals surface area contributed by atoms with Crippen molar-refractivity contribution in [2.24, 2.45) is 0 Å². The lowest BCUT2D eigenvalue weighted by molar-refractivity contribution is -0.0530. The summed E-state index contributed by atoms with van der Waals surface area (Å²) in [5.41, 5.74) is 1.54. The molecule has 0 bridgehead atoms. The molecular formula is C22H23N3O3. The van der Waals surface area contributed by atoms with Crippen molar-refractivity contribution >= 4 is 22.6 Å². The molecule has 0 radical (unpaired) electrons. The van der Waals surface area contributed by atoms with Crippen molar-refractivity contribution in [2.45, 2.75) is 26.1 Å². The second-order valence-electron chi connectivity index (χ2n) is 7.05. The van der Waals surface area contributed by atoms with Crippen molar-refractivity contribution in [1.82, 2.24) is 9.88 Å². The minimum absolute atomic E-state index is 0.0413. The van der Waals surface area contributed by atoms with Crippen LogP contribution in [0.2, 0.25) is 0 Å². The third-order valence-electron chi connectivity index (χ3n) is 4.64. The van der Waals surface area contributed by atoms with Crippen LogP contribution in [0.4, 0.5) is 10.5 Å². The summed E-state index contributed by atoms with van der Waals surface area (Å²) >= 11 is 0. The van der Waals surface area contributed by atoms with Crippen molar-refractivity contribution < 1.29 is 14.3 Å². The maximum Gasteiger partial charge on any atom is 0.322 e. The number of pyridine rings is 1. The van der Waals surface area contributed by atoms with E-state index in [9.17, 15) is 4.79 Å². The number of urea groups is 1. The van der Waals surface area contributed by atoms with Crippen LogP contribution in [0.15, 0.2) is 60.8 Å². The molecule has 1 aliphatic heterocycles. The Morgan fingerprint density at radius 2 is 1.79 bits per heavy atom. The number of ether oxygens (including phenoxy) is 2. The predicted molar refractivity (Wildman–Crippen MR) is 109 cm³/mol. The van der Waals surface area contributed by atoms with Crippen LogP contribution in [0, 0.1) is 0 Å². The molecule has 3 aromatic rings. The SMILES string of the molecule is CC1CN(C(=O)Nc2ccc(Oc3cccc4cccnc34)cc2)CC(C)O1. The highest BCUT2D eigenvalue weighted by molar-refractivity contribution is 5.89. The van der Waals surface area contributed by atoms with Crippen LogP contribution in [0.25, 0.3) is 10.9 Å². The summed E-state index contributed by atoms with van der Waals surface area (Å²) in [6.45, 7) is 5.13. The lowest BCUT2D eigenvalue weighted by Gasteiger charge is -2.35. The molecule has 1 aromatic heterocycles. The Morgan fingerprint density at radius 3 is 2.54 bits per heavy atom. The highest BCUT2D eigenvalue weighted by atomic mass is 16.5. The Bertz CT molecular complexity index is 959. The highest BCUT2D eigenvalue weighted by Gasteiger charge is 2.25. The van der Waals surface area contributed by atoms with Crippen molar-refractivity contribution in [3.05, 3.63) is 60.8 Å². The van der Waals surface area contributed by atoms with Crippen LogP contribution < -0.4 is 10.1 Å². The minimum Gasteiger partial charge on any atom is -0.455 e. The normalized spacial score (nSPS) is 19.4. The first-order valence-electron chi connectivity index (χ1n) is 9.41. The number of para-hydroxylation sites is 1. The first-order chi connectivity index (χ1) is 13.6. The quantitative estimate of drug-likeness (QED) is 0.720. The van der Waals surface area contributed by atoms with Crippen LogP contribution in [-0.4, -0.2) is 41.2 Å². The second-order valence-corrected chi connectivity index (χ2v) is 7.05. The van der Waals surface area contributed by atoms with Crippen LogP contribution in [-0.2, 0) is 4.74 Å². The van der Waals surface area contributed by atoms with Crippen LogP contribution in [0.1, 0.15) is 13.8 Å². The van der Waals surface area contributed by atoms with E-state index < -0.39 is 0 Å². The van der Waals surface area contributed by atoms with Gasteiger partial charge in [0, 0.05) is 30.4 Å².